The molecule has 1 fully saturated rings. The molecule has 1 N–H and O–H groups in total. The van der Waals surface area contributed by atoms with Crippen molar-refractivity contribution < 1.29 is 19.1 Å². The minimum Gasteiger partial charge on any atom is -0.497 e. The zero-order chi connectivity index (χ0) is 29.5. The number of para-hydroxylation sites is 2. The Morgan fingerprint density at radius 1 is 0.929 bits per heavy atom. The predicted molar refractivity (Wildman–Crippen MR) is 165 cm³/mol. The molecule has 2 amide bonds. The van der Waals surface area contributed by atoms with Crippen LogP contribution in [0.25, 0.3) is 10.9 Å². The Labute approximate surface area is 248 Å². The van der Waals surface area contributed by atoms with Crippen molar-refractivity contribution in [1.29, 1.82) is 0 Å². The third kappa shape index (κ3) is 6.68. The maximum atomic E-state index is 13.5. The minimum absolute atomic E-state index is 0.000532. The lowest BCUT2D eigenvalue weighted by Crippen LogP contribution is -2.49. The fourth-order valence-electron chi connectivity index (χ4n) is 4.90. The number of thioether (sulfide) groups is 1. The number of benzene rings is 3. The number of methoxy groups -OCH3 is 2. The van der Waals surface area contributed by atoms with Gasteiger partial charge in [0.1, 0.15) is 11.5 Å². The van der Waals surface area contributed by atoms with Gasteiger partial charge in [0.15, 0.2) is 5.16 Å². The summed E-state index contributed by atoms with van der Waals surface area (Å²) in [6.07, 6.45) is 0.159. The molecule has 0 unspecified atom stereocenters. The van der Waals surface area contributed by atoms with Crippen LogP contribution in [-0.2, 0) is 16.1 Å². The van der Waals surface area contributed by atoms with Crippen LogP contribution >= 0.6 is 11.8 Å². The molecule has 0 spiro atoms. The molecule has 0 saturated carbocycles. The molecule has 3 aromatic carbocycles. The summed E-state index contributed by atoms with van der Waals surface area (Å²) in [6.45, 7) is 2.91. The number of nitrogens with zero attached hydrogens (tertiary/aromatic N) is 4. The highest BCUT2D eigenvalue weighted by Crippen LogP contribution is 2.29. The SMILES string of the molecule is COc1ccc(OC)c(NC(=O)CSc2nc3ccccc3c(=O)n2CCC(=O)N2CCN(c3ccccc3)CC2)c1. The van der Waals surface area contributed by atoms with E-state index in [2.05, 4.69) is 27.3 Å². The Morgan fingerprint density at radius 2 is 1.67 bits per heavy atom. The number of fused-ring (bicyclic) bond motifs is 1. The first-order chi connectivity index (χ1) is 20.5. The van der Waals surface area contributed by atoms with E-state index >= 15 is 0 Å². The summed E-state index contributed by atoms with van der Waals surface area (Å²) in [5.41, 5.74) is 1.93. The van der Waals surface area contributed by atoms with Crippen molar-refractivity contribution in [3.05, 3.63) is 83.2 Å². The maximum Gasteiger partial charge on any atom is 0.262 e. The molecular formula is C31H33N5O5S. The van der Waals surface area contributed by atoms with E-state index < -0.39 is 0 Å². The summed E-state index contributed by atoms with van der Waals surface area (Å²) in [4.78, 5) is 48.3. The summed E-state index contributed by atoms with van der Waals surface area (Å²) in [5.74, 6) is 0.767. The lowest BCUT2D eigenvalue weighted by atomic mass is 10.2. The van der Waals surface area contributed by atoms with Gasteiger partial charge in [-0.15, -0.1) is 0 Å². The zero-order valence-electron chi connectivity index (χ0n) is 23.6. The van der Waals surface area contributed by atoms with Gasteiger partial charge in [0, 0.05) is 50.9 Å². The van der Waals surface area contributed by atoms with Gasteiger partial charge in [0.25, 0.3) is 5.56 Å². The van der Waals surface area contributed by atoms with Crippen molar-refractivity contribution in [3.8, 4) is 11.5 Å². The smallest absolute Gasteiger partial charge is 0.262 e. The van der Waals surface area contributed by atoms with Crippen LogP contribution in [0.4, 0.5) is 11.4 Å². The van der Waals surface area contributed by atoms with Crippen LogP contribution in [0.3, 0.4) is 0 Å². The highest BCUT2D eigenvalue weighted by atomic mass is 32.2. The quantitative estimate of drug-likeness (QED) is 0.220. The van der Waals surface area contributed by atoms with E-state index in [9.17, 15) is 14.4 Å². The van der Waals surface area contributed by atoms with Gasteiger partial charge in [0.05, 0.1) is 36.6 Å². The van der Waals surface area contributed by atoms with Gasteiger partial charge in [-0.05, 0) is 36.4 Å². The number of rotatable bonds is 10. The van der Waals surface area contributed by atoms with Crippen LogP contribution in [-0.4, -0.2) is 72.4 Å². The number of aromatic nitrogens is 2. The van der Waals surface area contributed by atoms with Gasteiger partial charge in [-0.3, -0.25) is 19.0 Å². The van der Waals surface area contributed by atoms with Crippen molar-refractivity contribution in [1.82, 2.24) is 14.5 Å². The molecule has 4 aromatic rings. The number of piperazine rings is 1. The van der Waals surface area contributed by atoms with E-state index in [1.807, 2.05) is 29.2 Å². The second kappa shape index (κ2) is 13.4. The number of hydrogen-bond acceptors (Lipinski definition) is 8. The molecule has 0 atom stereocenters. The number of hydrogen-bond donors (Lipinski definition) is 1. The monoisotopic (exact) mass is 587 g/mol. The molecule has 42 heavy (non-hydrogen) atoms. The zero-order valence-corrected chi connectivity index (χ0v) is 24.4. The van der Waals surface area contributed by atoms with E-state index in [1.165, 1.54) is 11.7 Å². The standard InChI is InChI=1S/C31H33N5O5S/c1-40-23-12-13-27(41-2)26(20-23)32-28(37)21-42-31-33-25-11-7-6-10-24(25)30(39)36(31)15-14-29(38)35-18-16-34(17-19-35)22-8-4-3-5-9-22/h3-13,20H,14-19,21H2,1-2H3,(H,32,37). The molecule has 1 aromatic heterocycles. The Kier molecular flexibility index (Phi) is 9.28. The highest BCUT2D eigenvalue weighted by Gasteiger charge is 2.22. The van der Waals surface area contributed by atoms with E-state index in [0.29, 0.717) is 46.3 Å². The molecule has 11 heteroatoms. The summed E-state index contributed by atoms with van der Waals surface area (Å²) in [7, 11) is 3.07. The second-order valence-corrected chi connectivity index (χ2v) is 10.7. The fraction of sp³-hybridized carbons (Fsp3) is 0.290. The molecule has 1 aliphatic heterocycles. The molecular weight excluding hydrogens is 554 g/mol. The summed E-state index contributed by atoms with van der Waals surface area (Å²) in [6, 6.07) is 22.4. The van der Waals surface area contributed by atoms with Crippen LogP contribution in [0.5, 0.6) is 11.5 Å². The third-order valence-electron chi connectivity index (χ3n) is 7.14. The number of anilines is 2. The topological polar surface area (TPSA) is 106 Å². The molecule has 0 aliphatic carbocycles. The lowest BCUT2D eigenvalue weighted by molar-refractivity contribution is -0.131. The number of carbonyl (C=O) groups excluding carboxylic acids is 2. The van der Waals surface area contributed by atoms with E-state index in [0.717, 1.165) is 30.5 Å². The molecule has 0 radical (unpaired) electrons. The molecule has 0 bridgehead atoms. The predicted octanol–water partition coefficient (Wildman–Crippen LogP) is 3.88. The van der Waals surface area contributed by atoms with Crippen molar-refractivity contribution in [2.24, 2.45) is 0 Å². The van der Waals surface area contributed by atoms with Crippen LogP contribution in [0.15, 0.2) is 82.7 Å². The number of amides is 2. The van der Waals surface area contributed by atoms with Crippen molar-refractivity contribution in [2.45, 2.75) is 18.1 Å². The van der Waals surface area contributed by atoms with Crippen LogP contribution in [0, 0.1) is 0 Å². The first-order valence-corrected chi connectivity index (χ1v) is 14.7. The number of carbonyl (C=O) groups is 2. The van der Waals surface area contributed by atoms with Gasteiger partial charge in [-0.2, -0.15) is 0 Å². The van der Waals surface area contributed by atoms with Gasteiger partial charge >= 0.3 is 0 Å². The second-order valence-electron chi connectivity index (χ2n) is 9.72. The fourth-order valence-corrected chi connectivity index (χ4v) is 5.73. The van der Waals surface area contributed by atoms with E-state index in [1.54, 1.807) is 43.5 Å². The van der Waals surface area contributed by atoms with Crippen LogP contribution in [0.2, 0.25) is 0 Å². The van der Waals surface area contributed by atoms with E-state index in [-0.39, 0.29) is 36.1 Å². The van der Waals surface area contributed by atoms with Crippen molar-refractivity contribution in [2.75, 3.05) is 56.4 Å². The van der Waals surface area contributed by atoms with Gasteiger partial charge in [-0.1, -0.05) is 42.1 Å². The van der Waals surface area contributed by atoms with Crippen LogP contribution in [0.1, 0.15) is 6.42 Å². The maximum absolute atomic E-state index is 13.5. The average molecular weight is 588 g/mol. The van der Waals surface area contributed by atoms with Crippen LogP contribution < -0.4 is 25.2 Å². The van der Waals surface area contributed by atoms with Gasteiger partial charge in [-0.25, -0.2) is 4.98 Å². The van der Waals surface area contributed by atoms with E-state index in [4.69, 9.17) is 9.47 Å². The normalized spacial score (nSPS) is 13.2. The molecule has 218 valence electrons. The molecule has 5 rings (SSSR count). The Hall–Kier alpha value is -4.51. The Balaban J connectivity index is 1.27. The minimum atomic E-state index is -0.298. The largest absolute Gasteiger partial charge is 0.497 e. The summed E-state index contributed by atoms with van der Waals surface area (Å²) >= 11 is 1.15. The highest BCUT2D eigenvalue weighted by molar-refractivity contribution is 7.99. The summed E-state index contributed by atoms with van der Waals surface area (Å²) in [5, 5.41) is 3.69. The number of nitrogens with one attached hydrogen (secondary N) is 1. The van der Waals surface area contributed by atoms with Crippen molar-refractivity contribution in [3.63, 3.8) is 0 Å². The van der Waals surface area contributed by atoms with Crippen molar-refractivity contribution >= 4 is 45.9 Å². The van der Waals surface area contributed by atoms with Gasteiger partial charge in [0.2, 0.25) is 11.8 Å². The molecule has 1 aliphatic rings. The van der Waals surface area contributed by atoms with Gasteiger partial charge < -0.3 is 24.6 Å². The number of ether oxygens (including phenoxy) is 2. The lowest BCUT2D eigenvalue weighted by Gasteiger charge is -2.36. The molecule has 1 saturated heterocycles. The molecule has 10 nitrogen and oxygen atoms in total. The molecule has 2 heterocycles. The average Bonchev–Trinajstić information content (AvgIpc) is 3.03. The Bertz CT molecular complexity index is 1620. The first-order valence-electron chi connectivity index (χ1n) is 13.7. The summed E-state index contributed by atoms with van der Waals surface area (Å²) < 4.78 is 12.1. The Morgan fingerprint density at radius 3 is 2.40 bits per heavy atom. The first kappa shape index (κ1) is 29.0. The third-order valence-corrected chi connectivity index (χ3v) is 8.12.